The number of hydrogen-bond donors (Lipinski definition) is 2. The van der Waals surface area contributed by atoms with Gasteiger partial charge < -0.3 is 29.2 Å². The van der Waals surface area contributed by atoms with Crippen molar-refractivity contribution in [3.8, 4) is 28.1 Å². The van der Waals surface area contributed by atoms with Crippen molar-refractivity contribution >= 4 is 38.7 Å². The number of methoxy groups -OCH3 is 1. The summed E-state index contributed by atoms with van der Waals surface area (Å²) in [5, 5.41) is 9.40. The quantitative estimate of drug-likeness (QED) is 0.219. The van der Waals surface area contributed by atoms with Crippen molar-refractivity contribution in [2.75, 3.05) is 33.4 Å². The van der Waals surface area contributed by atoms with E-state index in [0.29, 0.717) is 50.7 Å². The Labute approximate surface area is 275 Å². The summed E-state index contributed by atoms with van der Waals surface area (Å²) < 4.78 is 31.5. The molecule has 2 aliphatic rings. The smallest absolute Gasteiger partial charge is 0.289 e. The lowest BCUT2D eigenvalue weighted by molar-refractivity contribution is 0.0238. The maximum Gasteiger partial charge on any atom is 0.289 e. The van der Waals surface area contributed by atoms with Crippen LogP contribution in [0.15, 0.2) is 47.1 Å². The fraction of sp³-hybridized carbons (Fsp3) is 0.361. The molecule has 0 aliphatic carbocycles. The summed E-state index contributed by atoms with van der Waals surface area (Å²) in [6.07, 6.45) is 5.47. The topological polar surface area (TPSA) is 131 Å². The monoisotopic (exact) mass is 649 g/mol. The van der Waals surface area contributed by atoms with Crippen LogP contribution in [-0.2, 0) is 4.74 Å². The van der Waals surface area contributed by atoms with Crippen molar-refractivity contribution in [1.82, 2.24) is 35.3 Å². The van der Waals surface area contributed by atoms with E-state index in [4.69, 9.17) is 24.0 Å². The number of aromatic amines is 1. The van der Waals surface area contributed by atoms with Crippen LogP contribution in [0.3, 0.4) is 0 Å². The highest BCUT2D eigenvalue weighted by Gasteiger charge is 2.29. The Balaban J connectivity index is 1.23. The first-order chi connectivity index (χ1) is 23.4. The second kappa shape index (κ2) is 12.3. The third-order valence-corrected chi connectivity index (χ3v) is 9.81. The molecule has 8 rings (SSSR count). The van der Waals surface area contributed by atoms with Crippen molar-refractivity contribution in [3.05, 3.63) is 65.7 Å². The number of aromatic nitrogens is 5. The maximum atomic E-state index is 14.6. The van der Waals surface area contributed by atoms with Crippen LogP contribution in [0.5, 0.6) is 5.75 Å². The Hall–Kier alpha value is -4.94. The number of nitrogens with one attached hydrogen (secondary N) is 2. The largest absolute Gasteiger partial charge is 0.496 e. The third kappa shape index (κ3) is 5.34. The summed E-state index contributed by atoms with van der Waals surface area (Å²) in [6, 6.07) is 10.7. The molecule has 0 atom stereocenters. The van der Waals surface area contributed by atoms with Crippen LogP contribution in [0.2, 0.25) is 0 Å². The number of H-pyrrole nitrogens is 1. The third-order valence-electron chi connectivity index (χ3n) is 9.81. The van der Waals surface area contributed by atoms with Crippen LogP contribution in [0.1, 0.15) is 47.8 Å². The normalized spacial score (nSPS) is 16.7. The Morgan fingerprint density at radius 3 is 2.58 bits per heavy atom. The van der Waals surface area contributed by atoms with Crippen molar-refractivity contribution in [2.45, 2.75) is 51.6 Å². The van der Waals surface area contributed by atoms with E-state index in [9.17, 15) is 9.18 Å². The van der Waals surface area contributed by atoms with E-state index >= 15 is 0 Å². The Morgan fingerprint density at radius 1 is 1.02 bits per heavy atom. The van der Waals surface area contributed by atoms with Crippen LogP contribution < -0.4 is 10.1 Å². The van der Waals surface area contributed by atoms with Crippen molar-refractivity contribution in [1.29, 1.82) is 0 Å². The van der Waals surface area contributed by atoms with Gasteiger partial charge in [0, 0.05) is 72.0 Å². The number of ether oxygens (including phenoxy) is 2. The molecular formula is C36H36FN7O4. The van der Waals surface area contributed by atoms with Gasteiger partial charge in [-0.05, 0) is 75.9 Å². The number of carbonyl (C=O) groups is 1. The van der Waals surface area contributed by atoms with Crippen molar-refractivity contribution in [2.24, 2.45) is 0 Å². The van der Waals surface area contributed by atoms with Gasteiger partial charge in [-0.1, -0.05) is 5.16 Å². The molecule has 0 spiro atoms. The molecule has 6 heterocycles. The second-order valence-electron chi connectivity index (χ2n) is 12.7. The minimum absolute atomic E-state index is 0.0109. The van der Waals surface area contributed by atoms with Gasteiger partial charge in [-0.2, -0.15) is 0 Å². The first-order valence-corrected chi connectivity index (χ1v) is 16.4. The van der Waals surface area contributed by atoms with E-state index in [-0.39, 0.29) is 17.8 Å². The van der Waals surface area contributed by atoms with E-state index in [2.05, 4.69) is 25.3 Å². The minimum atomic E-state index is -0.392. The number of rotatable bonds is 6. The molecule has 0 radical (unpaired) electrons. The van der Waals surface area contributed by atoms with Crippen LogP contribution >= 0.6 is 0 Å². The molecule has 2 aromatic carbocycles. The van der Waals surface area contributed by atoms with Gasteiger partial charge in [0.25, 0.3) is 5.91 Å². The van der Waals surface area contributed by atoms with Gasteiger partial charge in [0.2, 0.25) is 5.82 Å². The molecule has 6 aromatic rings. The molecule has 0 unspecified atom stereocenters. The first-order valence-electron chi connectivity index (χ1n) is 16.4. The highest BCUT2D eigenvalue weighted by atomic mass is 19.1. The standard InChI is InChI=1S/C36H36FN7O4/c1-19-31(20(2)48-43-19)27-17-29-26(18-30(27)46-3)32-33(24-6-11-38-28-5-4-21(37)16-25(24)28)41-35(42-34(32)40-29)36(45)39-22-7-12-44(13-8-22)23-9-14-47-15-10-23/h4-6,11,16-18,22-23H,7-10,12-15H2,1-3H3,(H,39,45)(H,40,41,42). The highest BCUT2D eigenvalue weighted by molar-refractivity contribution is 6.16. The number of hydrogen-bond acceptors (Lipinski definition) is 9. The molecule has 1 amide bonds. The summed E-state index contributed by atoms with van der Waals surface area (Å²) in [7, 11) is 1.62. The van der Waals surface area contributed by atoms with E-state index in [1.165, 1.54) is 12.1 Å². The SMILES string of the molecule is COc1cc2c(cc1-c1c(C)noc1C)[nH]c1nc(C(=O)NC3CCN(C4CCOCC4)CC3)nc(-c3ccnc4ccc(F)cc34)c12. The number of halogens is 1. The van der Waals surface area contributed by atoms with Gasteiger partial charge >= 0.3 is 0 Å². The van der Waals surface area contributed by atoms with Gasteiger partial charge in [-0.25, -0.2) is 14.4 Å². The molecule has 4 aromatic heterocycles. The minimum Gasteiger partial charge on any atom is -0.496 e. The zero-order valence-corrected chi connectivity index (χ0v) is 27.1. The molecule has 2 aliphatic heterocycles. The van der Waals surface area contributed by atoms with E-state index in [0.717, 1.165) is 79.7 Å². The predicted molar refractivity (Wildman–Crippen MR) is 180 cm³/mol. The zero-order chi connectivity index (χ0) is 32.9. The summed E-state index contributed by atoms with van der Waals surface area (Å²) in [4.78, 5) is 33.9. The van der Waals surface area contributed by atoms with Gasteiger partial charge in [0.05, 0.1) is 35.0 Å². The molecule has 2 N–H and O–H groups in total. The van der Waals surface area contributed by atoms with Crippen LogP contribution in [-0.4, -0.2) is 81.4 Å². The second-order valence-corrected chi connectivity index (χ2v) is 12.7. The summed E-state index contributed by atoms with van der Waals surface area (Å²) in [5.41, 5.74) is 5.38. The number of aryl methyl sites for hydroxylation is 2. The van der Waals surface area contributed by atoms with E-state index in [1.54, 1.807) is 25.4 Å². The molecule has 11 nitrogen and oxygen atoms in total. The first kappa shape index (κ1) is 30.4. The predicted octanol–water partition coefficient (Wildman–Crippen LogP) is 6.12. The highest BCUT2D eigenvalue weighted by Crippen LogP contribution is 2.42. The van der Waals surface area contributed by atoms with Crippen LogP contribution in [0.25, 0.3) is 55.2 Å². The Bertz CT molecular complexity index is 2160. The number of fused-ring (bicyclic) bond motifs is 4. The number of pyridine rings is 1. The van der Waals surface area contributed by atoms with Gasteiger partial charge in [0.1, 0.15) is 23.0 Å². The number of likely N-dealkylation sites (tertiary alicyclic amines) is 1. The molecule has 0 saturated carbocycles. The summed E-state index contributed by atoms with van der Waals surface area (Å²) >= 11 is 0. The van der Waals surface area contributed by atoms with Crippen molar-refractivity contribution < 1.29 is 23.2 Å². The van der Waals surface area contributed by atoms with Crippen LogP contribution in [0, 0.1) is 19.7 Å². The average molecular weight is 650 g/mol. The lowest BCUT2D eigenvalue weighted by Gasteiger charge is -2.39. The Morgan fingerprint density at radius 2 is 1.83 bits per heavy atom. The fourth-order valence-electron chi connectivity index (χ4n) is 7.39. The average Bonchev–Trinajstić information content (AvgIpc) is 3.65. The summed E-state index contributed by atoms with van der Waals surface area (Å²) in [6.45, 7) is 7.22. The number of piperidine rings is 1. The van der Waals surface area contributed by atoms with Crippen LogP contribution in [0.4, 0.5) is 4.39 Å². The van der Waals surface area contributed by atoms with E-state index in [1.807, 2.05) is 26.0 Å². The van der Waals surface area contributed by atoms with Gasteiger partial charge in [0.15, 0.2) is 0 Å². The number of amides is 1. The summed E-state index contributed by atoms with van der Waals surface area (Å²) in [5.74, 6) is 0.583. The molecular weight excluding hydrogens is 613 g/mol. The molecule has 48 heavy (non-hydrogen) atoms. The fourth-order valence-corrected chi connectivity index (χ4v) is 7.39. The zero-order valence-electron chi connectivity index (χ0n) is 27.1. The maximum absolute atomic E-state index is 14.6. The van der Waals surface area contributed by atoms with Gasteiger partial charge in [-0.15, -0.1) is 0 Å². The Kier molecular flexibility index (Phi) is 7.76. The van der Waals surface area contributed by atoms with Gasteiger partial charge in [-0.3, -0.25) is 9.78 Å². The molecule has 2 saturated heterocycles. The molecule has 0 bridgehead atoms. The molecule has 2 fully saturated rings. The lowest BCUT2D eigenvalue weighted by Crippen LogP contribution is -2.49. The van der Waals surface area contributed by atoms with Crippen molar-refractivity contribution in [3.63, 3.8) is 0 Å². The number of benzene rings is 2. The number of carbonyl (C=O) groups excluding carboxylic acids is 1. The molecule has 246 valence electrons. The number of nitrogens with zero attached hydrogens (tertiary/aromatic N) is 5. The van der Waals surface area contributed by atoms with E-state index < -0.39 is 5.82 Å². The lowest BCUT2D eigenvalue weighted by atomic mass is 9.98. The molecule has 12 heteroatoms.